The molecule has 0 aliphatic rings. The summed E-state index contributed by atoms with van der Waals surface area (Å²) < 4.78 is 35.4. The van der Waals surface area contributed by atoms with Gasteiger partial charge < -0.3 is 19.6 Å². The molecule has 0 aliphatic carbocycles. The Bertz CT molecular complexity index is 1200. The number of para-hydroxylation sites is 1. The third-order valence-electron chi connectivity index (χ3n) is 4.55. The molecule has 2 N–H and O–H groups in total. The number of aromatic hydroxyl groups is 1. The van der Waals surface area contributed by atoms with Gasteiger partial charge in [0.05, 0.1) is 16.3 Å². The van der Waals surface area contributed by atoms with E-state index in [1.807, 2.05) is 24.3 Å². The molecule has 0 atom stereocenters. The standard InChI is InChI=1S/C23H23NO6S/c1-3-7-16-8-5-6-9-21(16)29-15-17-10-13-22(30-17)23(26)24-19-14-18(11-12-20(19)25)31(27,28)4-2/h3,5-6,8-14,25H,1,4,7,15H2,2H3,(H,24,26). The average Bonchev–Trinajstić information content (AvgIpc) is 3.24. The van der Waals surface area contributed by atoms with Gasteiger partial charge in [-0.2, -0.15) is 0 Å². The molecule has 1 heterocycles. The first-order valence-corrected chi connectivity index (χ1v) is 11.3. The number of hydrogen-bond donors (Lipinski definition) is 2. The predicted molar refractivity (Wildman–Crippen MR) is 117 cm³/mol. The lowest BCUT2D eigenvalue weighted by atomic mass is 10.1. The Morgan fingerprint density at radius 3 is 2.71 bits per heavy atom. The zero-order valence-corrected chi connectivity index (χ0v) is 17.8. The Balaban J connectivity index is 1.70. The van der Waals surface area contributed by atoms with Gasteiger partial charge in [0.2, 0.25) is 0 Å². The normalized spacial score (nSPS) is 11.1. The van der Waals surface area contributed by atoms with Crippen molar-refractivity contribution in [3.8, 4) is 11.5 Å². The fourth-order valence-corrected chi connectivity index (χ4v) is 3.76. The highest BCUT2D eigenvalue weighted by Crippen LogP contribution is 2.28. The Kier molecular flexibility index (Phi) is 6.81. The largest absolute Gasteiger partial charge is 0.506 e. The zero-order valence-electron chi connectivity index (χ0n) is 17.0. The molecule has 8 heteroatoms. The number of carbonyl (C=O) groups is 1. The van der Waals surface area contributed by atoms with Crippen molar-refractivity contribution < 1.29 is 27.5 Å². The van der Waals surface area contributed by atoms with Gasteiger partial charge in [0.25, 0.3) is 5.91 Å². The molecule has 0 fully saturated rings. The van der Waals surface area contributed by atoms with Gasteiger partial charge in [-0.3, -0.25) is 4.79 Å². The number of amides is 1. The van der Waals surface area contributed by atoms with E-state index in [9.17, 15) is 18.3 Å². The third-order valence-corrected chi connectivity index (χ3v) is 6.28. The molecule has 7 nitrogen and oxygen atoms in total. The maximum Gasteiger partial charge on any atom is 0.291 e. The van der Waals surface area contributed by atoms with Crippen LogP contribution in [-0.2, 0) is 22.9 Å². The topological polar surface area (TPSA) is 106 Å². The molecule has 2 aromatic carbocycles. The van der Waals surface area contributed by atoms with Crippen LogP contribution in [0.25, 0.3) is 0 Å². The van der Waals surface area contributed by atoms with Crippen molar-refractivity contribution in [1.82, 2.24) is 0 Å². The van der Waals surface area contributed by atoms with Crippen LogP contribution < -0.4 is 10.1 Å². The summed E-state index contributed by atoms with van der Waals surface area (Å²) in [5.41, 5.74) is 0.964. The summed E-state index contributed by atoms with van der Waals surface area (Å²) in [6.07, 6.45) is 2.45. The third kappa shape index (κ3) is 5.35. The molecule has 3 rings (SSSR count). The van der Waals surface area contributed by atoms with Gasteiger partial charge in [-0.1, -0.05) is 31.2 Å². The summed E-state index contributed by atoms with van der Waals surface area (Å²) in [6.45, 7) is 5.37. The van der Waals surface area contributed by atoms with Crippen molar-refractivity contribution in [2.75, 3.05) is 11.1 Å². The summed E-state index contributed by atoms with van der Waals surface area (Å²) in [7, 11) is -3.48. The smallest absolute Gasteiger partial charge is 0.291 e. The van der Waals surface area contributed by atoms with Crippen molar-refractivity contribution in [2.45, 2.75) is 24.8 Å². The van der Waals surface area contributed by atoms with Crippen molar-refractivity contribution in [2.24, 2.45) is 0 Å². The van der Waals surface area contributed by atoms with E-state index < -0.39 is 15.7 Å². The van der Waals surface area contributed by atoms with Gasteiger partial charge in [0.15, 0.2) is 15.6 Å². The molecule has 3 aromatic rings. The molecule has 31 heavy (non-hydrogen) atoms. The summed E-state index contributed by atoms with van der Waals surface area (Å²) in [5, 5.41) is 12.5. The van der Waals surface area contributed by atoms with Crippen LogP contribution in [0.5, 0.6) is 11.5 Å². The number of sulfone groups is 1. The number of ether oxygens (including phenoxy) is 1. The van der Waals surface area contributed by atoms with Crippen LogP contribution in [-0.4, -0.2) is 25.2 Å². The van der Waals surface area contributed by atoms with E-state index in [-0.39, 0.29) is 34.5 Å². The van der Waals surface area contributed by atoms with Gasteiger partial charge in [0, 0.05) is 0 Å². The minimum atomic E-state index is -3.48. The SMILES string of the molecule is C=CCc1ccccc1OCc1ccc(C(=O)Nc2cc(S(=O)(=O)CC)ccc2O)o1. The number of benzene rings is 2. The Labute approximate surface area is 180 Å². The molecule has 0 saturated heterocycles. The van der Waals surface area contributed by atoms with Crippen molar-refractivity contribution in [1.29, 1.82) is 0 Å². The van der Waals surface area contributed by atoms with E-state index in [1.165, 1.54) is 31.2 Å². The van der Waals surface area contributed by atoms with Gasteiger partial charge in [-0.05, 0) is 48.4 Å². The van der Waals surface area contributed by atoms with Crippen LogP contribution >= 0.6 is 0 Å². The van der Waals surface area contributed by atoms with Crippen molar-refractivity contribution in [3.63, 3.8) is 0 Å². The second kappa shape index (κ2) is 9.53. The monoisotopic (exact) mass is 441 g/mol. The summed E-state index contributed by atoms with van der Waals surface area (Å²) >= 11 is 0. The second-order valence-electron chi connectivity index (χ2n) is 6.69. The predicted octanol–water partition coefficient (Wildman–Crippen LogP) is 4.34. The lowest BCUT2D eigenvalue weighted by Gasteiger charge is -2.09. The minimum absolute atomic E-state index is 0.00104. The molecular weight excluding hydrogens is 418 g/mol. The highest BCUT2D eigenvalue weighted by atomic mass is 32.2. The number of rotatable bonds is 9. The number of hydrogen-bond acceptors (Lipinski definition) is 6. The van der Waals surface area contributed by atoms with E-state index in [1.54, 1.807) is 12.1 Å². The number of phenols is 1. The van der Waals surface area contributed by atoms with Gasteiger partial charge in [-0.15, -0.1) is 6.58 Å². The summed E-state index contributed by atoms with van der Waals surface area (Å²) in [4.78, 5) is 12.5. The first-order chi connectivity index (χ1) is 14.8. The number of nitrogens with one attached hydrogen (secondary N) is 1. The number of furan rings is 1. The summed E-state index contributed by atoms with van der Waals surface area (Å²) in [6, 6.07) is 14.4. The molecule has 0 spiro atoms. The van der Waals surface area contributed by atoms with Crippen LogP contribution in [0.3, 0.4) is 0 Å². The molecule has 0 radical (unpaired) electrons. The highest BCUT2D eigenvalue weighted by Gasteiger charge is 2.18. The number of anilines is 1. The van der Waals surface area contributed by atoms with E-state index in [2.05, 4.69) is 11.9 Å². The van der Waals surface area contributed by atoms with E-state index in [4.69, 9.17) is 9.15 Å². The van der Waals surface area contributed by atoms with Crippen molar-refractivity contribution >= 4 is 21.4 Å². The maximum absolute atomic E-state index is 12.5. The van der Waals surface area contributed by atoms with E-state index >= 15 is 0 Å². The molecule has 0 unspecified atom stereocenters. The zero-order chi connectivity index (χ0) is 22.4. The molecule has 0 aliphatic heterocycles. The quantitative estimate of drug-likeness (QED) is 0.378. The molecule has 1 aromatic heterocycles. The average molecular weight is 442 g/mol. The van der Waals surface area contributed by atoms with Gasteiger partial charge >= 0.3 is 0 Å². The first kappa shape index (κ1) is 22.2. The molecule has 0 saturated carbocycles. The molecule has 0 bridgehead atoms. The Morgan fingerprint density at radius 1 is 1.19 bits per heavy atom. The fourth-order valence-electron chi connectivity index (χ4n) is 2.85. The van der Waals surface area contributed by atoms with Crippen LogP contribution in [0.4, 0.5) is 5.69 Å². The lowest BCUT2D eigenvalue weighted by molar-refractivity contribution is 0.0992. The maximum atomic E-state index is 12.5. The first-order valence-electron chi connectivity index (χ1n) is 9.61. The highest BCUT2D eigenvalue weighted by molar-refractivity contribution is 7.91. The molecular formula is C23H23NO6S. The Hall–Kier alpha value is -3.52. The van der Waals surface area contributed by atoms with Crippen LogP contribution in [0, 0.1) is 0 Å². The number of phenolic OH excluding ortho intramolecular Hbond substituents is 1. The van der Waals surface area contributed by atoms with E-state index in [0.29, 0.717) is 17.9 Å². The van der Waals surface area contributed by atoms with Crippen molar-refractivity contribution in [3.05, 3.63) is 84.3 Å². The molecule has 162 valence electrons. The lowest BCUT2D eigenvalue weighted by Crippen LogP contribution is -2.12. The number of allylic oxidation sites excluding steroid dienone is 1. The van der Waals surface area contributed by atoms with E-state index in [0.717, 1.165) is 5.56 Å². The summed E-state index contributed by atoms with van der Waals surface area (Å²) in [5.74, 6) is 0.162. The van der Waals surface area contributed by atoms with Crippen LogP contribution in [0.1, 0.15) is 28.8 Å². The molecule has 1 amide bonds. The fraction of sp³-hybridized carbons (Fsp3) is 0.174. The van der Waals surface area contributed by atoms with Gasteiger partial charge in [0.1, 0.15) is 23.9 Å². The van der Waals surface area contributed by atoms with Crippen LogP contribution in [0.2, 0.25) is 0 Å². The number of carbonyl (C=O) groups excluding carboxylic acids is 1. The van der Waals surface area contributed by atoms with Crippen LogP contribution in [0.15, 0.2) is 76.6 Å². The second-order valence-corrected chi connectivity index (χ2v) is 8.97. The Morgan fingerprint density at radius 2 is 1.97 bits per heavy atom. The minimum Gasteiger partial charge on any atom is -0.506 e. The van der Waals surface area contributed by atoms with Gasteiger partial charge in [-0.25, -0.2) is 8.42 Å².